The summed E-state index contributed by atoms with van der Waals surface area (Å²) in [7, 11) is -1.75. The summed E-state index contributed by atoms with van der Waals surface area (Å²) in [5.41, 5.74) is 1.98. The van der Waals surface area contributed by atoms with Crippen molar-refractivity contribution in [3.05, 3.63) is 35.4 Å². The Labute approximate surface area is 121 Å². The first-order valence-electron chi connectivity index (χ1n) is 6.64. The Morgan fingerprint density at radius 3 is 2.15 bits per heavy atom. The molecular weight excluding hydrogens is 274 g/mol. The van der Waals surface area contributed by atoms with Gasteiger partial charge < -0.3 is 5.32 Å². The summed E-state index contributed by atoms with van der Waals surface area (Å²) in [6.07, 6.45) is 0.0128. The fourth-order valence-electron chi connectivity index (χ4n) is 1.80. The third-order valence-electron chi connectivity index (χ3n) is 3.13. The van der Waals surface area contributed by atoms with E-state index in [1.807, 2.05) is 24.3 Å². The number of amides is 1. The zero-order chi connectivity index (χ0) is 15.4. The second-order valence-corrected chi connectivity index (χ2v) is 8.15. The highest BCUT2D eigenvalue weighted by atomic mass is 32.2. The lowest BCUT2D eigenvalue weighted by Gasteiger charge is -2.19. The third-order valence-corrected chi connectivity index (χ3v) is 4.72. The third kappa shape index (κ3) is 5.33. The van der Waals surface area contributed by atoms with Gasteiger partial charge in [-0.3, -0.25) is 4.79 Å². The zero-order valence-corrected chi connectivity index (χ0v) is 13.4. The smallest absolute Gasteiger partial charge is 0.220 e. The van der Waals surface area contributed by atoms with Gasteiger partial charge in [-0.15, -0.1) is 0 Å². The average Bonchev–Trinajstić information content (AvgIpc) is 2.35. The van der Waals surface area contributed by atoms with Gasteiger partial charge in [0.15, 0.2) is 9.84 Å². The van der Waals surface area contributed by atoms with Gasteiger partial charge in [0.25, 0.3) is 0 Å². The number of sulfone groups is 1. The van der Waals surface area contributed by atoms with E-state index in [1.54, 1.807) is 0 Å². The molecule has 0 saturated heterocycles. The van der Waals surface area contributed by atoms with Gasteiger partial charge >= 0.3 is 0 Å². The average molecular weight is 297 g/mol. The molecule has 0 radical (unpaired) electrons. The lowest BCUT2D eigenvalue weighted by atomic mass is 9.87. The number of carbonyl (C=O) groups excluding carboxylic acids is 1. The molecule has 1 aromatic rings. The molecule has 0 aliphatic carbocycles. The van der Waals surface area contributed by atoms with Crippen LogP contribution in [-0.2, 0) is 25.8 Å². The zero-order valence-electron chi connectivity index (χ0n) is 12.6. The molecule has 20 heavy (non-hydrogen) atoms. The molecule has 0 aromatic heterocycles. The predicted molar refractivity (Wildman–Crippen MR) is 81.3 cm³/mol. The van der Waals surface area contributed by atoms with E-state index < -0.39 is 9.84 Å². The van der Waals surface area contributed by atoms with Crippen molar-refractivity contribution in [2.75, 3.05) is 12.8 Å². The molecule has 4 nitrogen and oxygen atoms in total. The molecule has 1 N–H and O–H groups in total. The van der Waals surface area contributed by atoms with Crippen molar-refractivity contribution >= 4 is 15.7 Å². The van der Waals surface area contributed by atoms with E-state index in [9.17, 15) is 13.2 Å². The van der Waals surface area contributed by atoms with E-state index in [0.717, 1.165) is 5.56 Å². The molecule has 0 heterocycles. The highest BCUT2D eigenvalue weighted by Gasteiger charge is 2.16. The Morgan fingerprint density at radius 2 is 1.70 bits per heavy atom. The first kappa shape index (κ1) is 16.7. The Hall–Kier alpha value is -1.36. The minimum Gasteiger partial charge on any atom is -0.359 e. The van der Waals surface area contributed by atoms with Gasteiger partial charge in [-0.1, -0.05) is 45.0 Å². The second-order valence-electron chi connectivity index (χ2n) is 5.96. The molecule has 0 aliphatic heterocycles. The van der Waals surface area contributed by atoms with E-state index in [-0.39, 0.29) is 29.2 Å². The lowest BCUT2D eigenvalue weighted by molar-refractivity contribution is -0.120. The van der Waals surface area contributed by atoms with Crippen LogP contribution >= 0.6 is 0 Å². The number of benzene rings is 1. The molecular formula is C15H23NO3S. The number of hydrogen-bond acceptors (Lipinski definition) is 3. The van der Waals surface area contributed by atoms with Crippen LogP contribution in [0.25, 0.3) is 0 Å². The van der Waals surface area contributed by atoms with Gasteiger partial charge in [-0.2, -0.15) is 0 Å². The molecule has 0 saturated carbocycles. The van der Waals surface area contributed by atoms with Crippen LogP contribution in [0.1, 0.15) is 38.3 Å². The number of carbonyl (C=O) groups is 1. The molecule has 1 aromatic carbocycles. The van der Waals surface area contributed by atoms with Gasteiger partial charge in [0, 0.05) is 13.5 Å². The van der Waals surface area contributed by atoms with E-state index in [2.05, 4.69) is 26.1 Å². The van der Waals surface area contributed by atoms with Crippen molar-refractivity contribution in [2.24, 2.45) is 0 Å². The van der Waals surface area contributed by atoms with Crippen molar-refractivity contribution in [1.29, 1.82) is 0 Å². The van der Waals surface area contributed by atoms with E-state index in [1.165, 1.54) is 12.6 Å². The Kier molecular flexibility index (Phi) is 5.34. The van der Waals surface area contributed by atoms with Crippen molar-refractivity contribution in [3.8, 4) is 0 Å². The fraction of sp³-hybridized carbons (Fsp3) is 0.533. The Balaban J connectivity index is 2.71. The predicted octanol–water partition coefficient (Wildman–Crippen LogP) is 2.04. The number of rotatable bonds is 5. The highest BCUT2D eigenvalue weighted by Crippen LogP contribution is 2.22. The molecule has 1 amide bonds. The minimum atomic E-state index is -3.25. The fourth-order valence-corrected chi connectivity index (χ4v) is 3.14. The van der Waals surface area contributed by atoms with Gasteiger partial charge in [0.05, 0.1) is 11.5 Å². The monoisotopic (exact) mass is 297 g/mol. The van der Waals surface area contributed by atoms with Crippen LogP contribution in [0.15, 0.2) is 24.3 Å². The molecule has 0 aliphatic rings. The second kappa shape index (κ2) is 6.39. The van der Waals surface area contributed by atoms with Crippen molar-refractivity contribution in [2.45, 2.75) is 38.4 Å². The minimum absolute atomic E-state index is 0.0128. The first-order valence-corrected chi connectivity index (χ1v) is 8.46. The van der Waals surface area contributed by atoms with Crippen LogP contribution in [0.4, 0.5) is 0 Å². The van der Waals surface area contributed by atoms with E-state index >= 15 is 0 Å². The normalized spacial score (nSPS) is 12.2. The van der Waals surface area contributed by atoms with Crippen molar-refractivity contribution < 1.29 is 13.2 Å². The van der Waals surface area contributed by atoms with Gasteiger partial charge in [0.1, 0.15) is 0 Å². The number of hydrogen-bond donors (Lipinski definition) is 1. The highest BCUT2D eigenvalue weighted by molar-refractivity contribution is 7.90. The maximum Gasteiger partial charge on any atom is 0.220 e. The summed E-state index contributed by atoms with van der Waals surface area (Å²) < 4.78 is 23.8. The SMILES string of the molecule is CNC(=O)CCS(=O)(=O)Cc1ccc(C(C)(C)C)cc1. The topological polar surface area (TPSA) is 63.2 Å². The summed E-state index contributed by atoms with van der Waals surface area (Å²) >= 11 is 0. The maximum absolute atomic E-state index is 11.9. The summed E-state index contributed by atoms with van der Waals surface area (Å²) in [5, 5.41) is 2.42. The van der Waals surface area contributed by atoms with Crippen molar-refractivity contribution in [3.63, 3.8) is 0 Å². The lowest BCUT2D eigenvalue weighted by Crippen LogP contribution is -2.22. The van der Waals surface area contributed by atoms with Gasteiger partial charge in [0.2, 0.25) is 5.91 Å². The largest absolute Gasteiger partial charge is 0.359 e. The molecule has 1 rings (SSSR count). The molecule has 5 heteroatoms. The standard InChI is InChI=1S/C15H23NO3S/c1-15(2,3)13-7-5-12(6-8-13)11-20(18,19)10-9-14(17)16-4/h5-8H,9-11H2,1-4H3,(H,16,17). The van der Waals surface area contributed by atoms with Crippen LogP contribution in [0.2, 0.25) is 0 Å². The van der Waals surface area contributed by atoms with Gasteiger partial charge in [-0.05, 0) is 16.5 Å². The van der Waals surface area contributed by atoms with Crippen LogP contribution in [0, 0.1) is 0 Å². The van der Waals surface area contributed by atoms with Gasteiger partial charge in [-0.25, -0.2) is 8.42 Å². The van der Waals surface area contributed by atoms with Crippen LogP contribution in [0.3, 0.4) is 0 Å². The summed E-state index contributed by atoms with van der Waals surface area (Å²) in [5.74, 6) is -0.390. The first-order chi connectivity index (χ1) is 9.14. The maximum atomic E-state index is 11.9. The van der Waals surface area contributed by atoms with Crippen molar-refractivity contribution in [1.82, 2.24) is 5.32 Å². The van der Waals surface area contributed by atoms with Crippen LogP contribution in [-0.4, -0.2) is 27.1 Å². The van der Waals surface area contributed by atoms with E-state index in [0.29, 0.717) is 0 Å². The molecule has 0 atom stereocenters. The van der Waals surface area contributed by atoms with Crippen LogP contribution < -0.4 is 5.32 Å². The summed E-state index contributed by atoms with van der Waals surface area (Å²) in [6, 6.07) is 7.61. The quantitative estimate of drug-likeness (QED) is 0.904. The molecule has 0 fully saturated rings. The molecule has 0 spiro atoms. The summed E-state index contributed by atoms with van der Waals surface area (Å²) in [4.78, 5) is 11.1. The Bertz CT molecular complexity index is 554. The Morgan fingerprint density at radius 1 is 1.15 bits per heavy atom. The number of nitrogens with one attached hydrogen (secondary N) is 1. The molecule has 0 unspecified atom stereocenters. The molecule has 112 valence electrons. The van der Waals surface area contributed by atoms with E-state index in [4.69, 9.17) is 0 Å². The summed E-state index contributed by atoms with van der Waals surface area (Å²) in [6.45, 7) is 6.34. The van der Waals surface area contributed by atoms with Crippen LogP contribution in [0.5, 0.6) is 0 Å². The molecule has 0 bridgehead atoms.